The molecular weight excluding hydrogens is 404 g/mol. The van der Waals surface area contributed by atoms with Gasteiger partial charge in [0.05, 0.1) is 24.5 Å². The fraction of sp³-hybridized carbons (Fsp3) is 0.304. The van der Waals surface area contributed by atoms with Gasteiger partial charge in [-0.1, -0.05) is 48.0 Å². The normalized spacial score (nSPS) is 14.1. The van der Waals surface area contributed by atoms with Gasteiger partial charge >= 0.3 is 0 Å². The maximum absolute atomic E-state index is 13.6. The molecule has 0 bridgehead atoms. The molecule has 6 nitrogen and oxygen atoms in total. The lowest BCUT2D eigenvalue weighted by molar-refractivity contribution is -0.120. The van der Waals surface area contributed by atoms with Gasteiger partial charge in [-0.25, -0.2) is 4.90 Å². The number of halogens is 1. The number of ether oxygens (including phenoxy) is 2. The molecule has 0 aromatic heterocycles. The average Bonchev–Trinajstić information content (AvgIpc) is 3.01. The van der Waals surface area contributed by atoms with Crippen molar-refractivity contribution in [2.75, 3.05) is 45.4 Å². The Labute approximate surface area is 181 Å². The number of rotatable bonds is 9. The summed E-state index contributed by atoms with van der Waals surface area (Å²) in [7, 11) is 3.20. The first-order chi connectivity index (χ1) is 14.5. The molecule has 1 heterocycles. The molecule has 1 aliphatic heterocycles. The molecule has 1 aliphatic rings. The highest BCUT2D eigenvalue weighted by Gasteiger charge is 2.42. The molecule has 158 valence electrons. The number of anilines is 1. The smallest absolute Gasteiger partial charge is 0.282 e. The van der Waals surface area contributed by atoms with E-state index in [0.717, 1.165) is 5.56 Å². The topological polar surface area (TPSA) is 59.1 Å². The van der Waals surface area contributed by atoms with Crippen molar-refractivity contribution in [2.24, 2.45) is 0 Å². The zero-order chi connectivity index (χ0) is 21.7. The van der Waals surface area contributed by atoms with Gasteiger partial charge in [0.25, 0.3) is 11.8 Å². The van der Waals surface area contributed by atoms with E-state index >= 15 is 0 Å². The zero-order valence-corrected chi connectivity index (χ0v) is 18.1. The van der Waals surface area contributed by atoms with Crippen LogP contribution in [0, 0.1) is 6.92 Å². The molecule has 0 fully saturated rings. The molecule has 0 atom stereocenters. The summed E-state index contributed by atoms with van der Waals surface area (Å²) in [6, 6.07) is 14.4. The van der Waals surface area contributed by atoms with E-state index in [2.05, 4.69) is 0 Å². The number of methoxy groups -OCH3 is 2. The molecule has 0 unspecified atom stereocenters. The summed E-state index contributed by atoms with van der Waals surface area (Å²) in [4.78, 5) is 30.2. The number of carbonyl (C=O) groups excluding carboxylic acids is 2. The first kappa shape index (κ1) is 22.0. The highest BCUT2D eigenvalue weighted by Crippen LogP contribution is 2.36. The highest BCUT2D eigenvalue weighted by molar-refractivity contribution is 6.45. The molecule has 0 spiro atoms. The van der Waals surface area contributed by atoms with Gasteiger partial charge in [0.1, 0.15) is 5.70 Å². The lowest BCUT2D eigenvalue weighted by Gasteiger charge is -2.26. The van der Waals surface area contributed by atoms with E-state index in [1.165, 1.54) is 4.90 Å². The molecular formula is C23H25ClN2O4. The maximum Gasteiger partial charge on any atom is 0.282 e. The highest BCUT2D eigenvalue weighted by atomic mass is 35.5. The molecule has 0 aliphatic carbocycles. The summed E-state index contributed by atoms with van der Waals surface area (Å²) < 4.78 is 10.5. The van der Waals surface area contributed by atoms with Gasteiger partial charge in [-0.15, -0.1) is 0 Å². The maximum atomic E-state index is 13.6. The lowest BCUT2D eigenvalue weighted by atomic mass is 10.0. The Morgan fingerprint density at radius 1 is 0.933 bits per heavy atom. The second-order valence-electron chi connectivity index (χ2n) is 6.94. The second-order valence-corrected chi connectivity index (χ2v) is 7.38. The van der Waals surface area contributed by atoms with Crippen LogP contribution >= 0.6 is 11.6 Å². The molecule has 0 radical (unpaired) electrons. The predicted octanol–water partition coefficient (Wildman–Crippen LogP) is 3.53. The van der Waals surface area contributed by atoms with Crippen molar-refractivity contribution < 1.29 is 19.1 Å². The van der Waals surface area contributed by atoms with Crippen molar-refractivity contribution in [3.8, 4) is 0 Å². The minimum Gasteiger partial charge on any atom is -0.383 e. The van der Waals surface area contributed by atoms with Crippen LogP contribution in [0.25, 0.3) is 5.57 Å². The van der Waals surface area contributed by atoms with Crippen molar-refractivity contribution in [1.82, 2.24) is 4.90 Å². The van der Waals surface area contributed by atoms with Crippen LogP contribution in [0.4, 0.5) is 5.69 Å². The third kappa shape index (κ3) is 4.41. The Kier molecular flexibility index (Phi) is 7.26. The van der Waals surface area contributed by atoms with Gasteiger partial charge in [0.15, 0.2) is 0 Å². The van der Waals surface area contributed by atoms with Gasteiger partial charge in [0.2, 0.25) is 0 Å². The van der Waals surface area contributed by atoms with Gasteiger partial charge in [0, 0.05) is 32.3 Å². The van der Waals surface area contributed by atoms with E-state index in [9.17, 15) is 9.59 Å². The SMILES string of the molecule is COCCN(CCOC)C1=C(c2ccccc2)C(=O)N(c2cc(Cl)ccc2C)C1=O. The molecule has 3 rings (SSSR count). The molecule has 30 heavy (non-hydrogen) atoms. The quantitative estimate of drug-likeness (QED) is 0.572. The Bertz CT molecular complexity index is 951. The van der Waals surface area contributed by atoms with E-state index in [0.29, 0.717) is 53.8 Å². The summed E-state index contributed by atoms with van der Waals surface area (Å²) in [6.45, 7) is 3.57. The Balaban J connectivity index is 2.14. The van der Waals surface area contributed by atoms with E-state index in [1.54, 1.807) is 32.4 Å². The minimum absolute atomic E-state index is 0.347. The van der Waals surface area contributed by atoms with E-state index in [1.807, 2.05) is 42.2 Å². The molecule has 2 aromatic carbocycles. The first-order valence-corrected chi connectivity index (χ1v) is 10.0. The third-order valence-electron chi connectivity index (χ3n) is 4.98. The van der Waals surface area contributed by atoms with Crippen LogP contribution in [-0.2, 0) is 19.1 Å². The van der Waals surface area contributed by atoms with Crippen molar-refractivity contribution in [1.29, 1.82) is 0 Å². The monoisotopic (exact) mass is 428 g/mol. The number of aryl methyl sites for hydroxylation is 1. The van der Waals surface area contributed by atoms with Gasteiger partial charge < -0.3 is 14.4 Å². The van der Waals surface area contributed by atoms with Gasteiger partial charge in [-0.2, -0.15) is 0 Å². The van der Waals surface area contributed by atoms with Crippen LogP contribution in [0.5, 0.6) is 0 Å². The van der Waals surface area contributed by atoms with Crippen LogP contribution < -0.4 is 4.90 Å². The van der Waals surface area contributed by atoms with Crippen LogP contribution in [-0.4, -0.2) is 57.2 Å². The van der Waals surface area contributed by atoms with Gasteiger partial charge in [-0.3, -0.25) is 9.59 Å². The van der Waals surface area contributed by atoms with Crippen LogP contribution in [0.1, 0.15) is 11.1 Å². The Morgan fingerprint density at radius 3 is 2.17 bits per heavy atom. The molecule has 0 saturated carbocycles. The number of benzene rings is 2. The minimum atomic E-state index is -0.378. The number of carbonyl (C=O) groups is 2. The fourth-order valence-electron chi connectivity index (χ4n) is 3.46. The Morgan fingerprint density at radius 2 is 1.57 bits per heavy atom. The number of amides is 2. The third-order valence-corrected chi connectivity index (χ3v) is 5.22. The molecule has 2 aromatic rings. The van der Waals surface area contributed by atoms with Crippen molar-refractivity contribution in [3.63, 3.8) is 0 Å². The van der Waals surface area contributed by atoms with E-state index < -0.39 is 0 Å². The van der Waals surface area contributed by atoms with E-state index in [-0.39, 0.29) is 11.8 Å². The lowest BCUT2D eigenvalue weighted by Crippen LogP contribution is -2.38. The van der Waals surface area contributed by atoms with Crippen molar-refractivity contribution >= 4 is 34.7 Å². The molecule has 7 heteroatoms. The number of imide groups is 1. The standard InChI is InChI=1S/C23H25ClN2O4/c1-16-9-10-18(24)15-19(16)26-22(27)20(17-7-5-4-6-8-17)21(23(26)28)25(11-13-29-2)12-14-30-3/h4-10,15H,11-14H2,1-3H3. The number of hydrogen-bond acceptors (Lipinski definition) is 5. The summed E-state index contributed by atoms with van der Waals surface area (Å²) in [5.41, 5.74) is 2.68. The van der Waals surface area contributed by atoms with E-state index in [4.69, 9.17) is 21.1 Å². The molecule has 0 N–H and O–H groups in total. The molecule has 0 saturated heterocycles. The fourth-order valence-corrected chi connectivity index (χ4v) is 3.62. The zero-order valence-electron chi connectivity index (χ0n) is 17.4. The predicted molar refractivity (Wildman–Crippen MR) is 117 cm³/mol. The average molecular weight is 429 g/mol. The summed E-state index contributed by atoms with van der Waals surface area (Å²) in [5, 5.41) is 0.460. The first-order valence-electron chi connectivity index (χ1n) is 9.67. The van der Waals surface area contributed by atoms with Crippen LogP contribution in [0.3, 0.4) is 0 Å². The largest absolute Gasteiger partial charge is 0.383 e. The Hall–Kier alpha value is -2.67. The van der Waals surface area contributed by atoms with Crippen LogP contribution in [0.2, 0.25) is 5.02 Å². The van der Waals surface area contributed by atoms with Crippen molar-refractivity contribution in [2.45, 2.75) is 6.92 Å². The number of nitrogens with zero attached hydrogens (tertiary/aromatic N) is 2. The second kappa shape index (κ2) is 9.89. The van der Waals surface area contributed by atoms with Gasteiger partial charge in [-0.05, 0) is 30.2 Å². The van der Waals surface area contributed by atoms with Crippen LogP contribution in [0.15, 0.2) is 54.2 Å². The summed E-state index contributed by atoms with van der Waals surface area (Å²) >= 11 is 6.17. The summed E-state index contributed by atoms with van der Waals surface area (Å²) in [5.74, 6) is -0.747. The number of hydrogen-bond donors (Lipinski definition) is 0. The molecule has 2 amide bonds. The van der Waals surface area contributed by atoms with Crippen molar-refractivity contribution in [3.05, 3.63) is 70.4 Å². The summed E-state index contributed by atoms with van der Waals surface area (Å²) in [6.07, 6.45) is 0.